The Hall–Kier alpha value is -6.66. The van der Waals surface area contributed by atoms with Gasteiger partial charge in [-0.15, -0.1) is 58.0 Å². The molecule has 93 heavy (non-hydrogen) atoms. The second kappa shape index (κ2) is 37.4. The third-order valence-electron chi connectivity index (χ3n) is 10.7. The summed E-state index contributed by atoms with van der Waals surface area (Å²) in [4.78, 5) is 49.2. The number of aliphatic hydroxyl groups excluding tert-OH is 1. The van der Waals surface area contributed by atoms with Crippen molar-refractivity contribution in [3.63, 3.8) is 0 Å². The van der Waals surface area contributed by atoms with E-state index in [1.165, 1.54) is 63.6 Å². The third kappa shape index (κ3) is 23.9. The first-order valence-corrected chi connectivity index (χ1v) is 35.8. The van der Waals surface area contributed by atoms with Crippen molar-refractivity contribution >= 4 is 155 Å². The van der Waals surface area contributed by atoms with Gasteiger partial charge in [-0.25, -0.2) is 94.2 Å². The molecule has 5 heterocycles. The number of nitrogen functional groups attached to an aromatic ring is 1. The van der Waals surface area contributed by atoms with Gasteiger partial charge in [0.2, 0.25) is 0 Å². The number of aliphatic hydroxyl groups is 1. The zero-order valence-electron chi connectivity index (χ0n) is 49.3. The van der Waals surface area contributed by atoms with Crippen molar-refractivity contribution in [1.29, 1.82) is 0 Å². The fraction of sp³-hybridized carbons (Fsp3) is 0.151. The number of sulfonamides is 3. The summed E-state index contributed by atoms with van der Waals surface area (Å²) in [6, 6.07) is 16.0. The Morgan fingerprint density at radius 2 is 1.02 bits per heavy atom. The molecule has 0 bridgehead atoms. The predicted molar refractivity (Wildman–Crippen MR) is 341 cm³/mol. The number of hydrogen-bond donors (Lipinski definition) is 5. The Balaban J connectivity index is 0.000000390. The van der Waals surface area contributed by atoms with Crippen LogP contribution >= 0.6 is 68.7 Å². The van der Waals surface area contributed by atoms with Crippen LogP contribution in [0.2, 0.25) is 0 Å². The molecule has 1 aliphatic rings. The van der Waals surface area contributed by atoms with Crippen LogP contribution in [-0.4, -0.2) is 105 Å². The van der Waals surface area contributed by atoms with Gasteiger partial charge in [-0.2, -0.15) is 0 Å². The molecule has 0 amide bonds. The summed E-state index contributed by atoms with van der Waals surface area (Å²) >= 11 is 8.90. The number of halogens is 6. The van der Waals surface area contributed by atoms with Crippen LogP contribution in [0.1, 0.15) is 64.4 Å². The number of carbonyl (C=O) groups is 3. The maximum Gasteiger partial charge on any atom is 1.00 e. The molecule has 1 aliphatic heterocycles. The van der Waals surface area contributed by atoms with Crippen LogP contribution in [-0.2, 0) is 66.5 Å². The van der Waals surface area contributed by atoms with Crippen molar-refractivity contribution in [2.45, 2.75) is 58.4 Å². The molecule has 40 heteroatoms. The van der Waals surface area contributed by atoms with Gasteiger partial charge in [-0.05, 0) is 117 Å². The minimum absolute atomic E-state index is 0. The number of nitrogens with one attached hydrogen (secondary N) is 2. The third-order valence-corrected chi connectivity index (χ3v) is 20.3. The van der Waals surface area contributed by atoms with Gasteiger partial charge >= 0.3 is 47.5 Å². The van der Waals surface area contributed by atoms with E-state index >= 15 is 0 Å². The molecule has 10 rings (SSSR count). The molecule has 0 atom stereocenters. The van der Waals surface area contributed by atoms with Crippen molar-refractivity contribution in [2.75, 3.05) is 39.3 Å². The van der Waals surface area contributed by atoms with Gasteiger partial charge in [-0.3, -0.25) is 9.44 Å². The summed E-state index contributed by atoms with van der Waals surface area (Å²) in [5, 5.41) is 17.2. The first-order chi connectivity index (χ1) is 42.9. The van der Waals surface area contributed by atoms with Gasteiger partial charge in [0.05, 0.1) is 64.3 Å². The Labute approximate surface area is 581 Å². The summed E-state index contributed by atoms with van der Waals surface area (Å²) in [5.74, 6) is -5.36. The van der Waals surface area contributed by atoms with Crippen LogP contribution < -0.4 is 49.0 Å². The number of thiol groups is 1. The second-order valence-corrected chi connectivity index (χ2v) is 28.5. The first kappa shape index (κ1) is 80.6. The Kier molecular flexibility index (Phi) is 32.4. The Morgan fingerprint density at radius 1 is 0.613 bits per heavy atom. The molecule has 0 fully saturated rings. The van der Waals surface area contributed by atoms with Crippen molar-refractivity contribution in [3.8, 4) is 0 Å². The molecule has 5 N–H and O–H groups in total. The molecule has 4 aromatic heterocycles. The average molecular weight is 1490 g/mol. The average Bonchev–Trinajstić information content (AvgIpc) is 1.59. The molecule has 0 unspecified atom stereocenters. The number of fused-ring (bicyclic) bond motifs is 1. The number of anilines is 4. The van der Waals surface area contributed by atoms with E-state index in [4.69, 9.17) is 31.0 Å². The number of ether oxygens (including phenoxy) is 3. The molecule has 0 spiro atoms. The summed E-state index contributed by atoms with van der Waals surface area (Å²) < 4.78 is 180. The van der Waals surface area contributed by atoms with E-state index in [1.807, 2.05) is 5.38 Å². The Morgan fingerprint density at radius 3 is 1.46 bits per heavy atom. The summed E-state index contributed by atoms with van der Waals surface area (Å²) in [6.45, 7) is 4.75. The smallest absolute Gasteiger partial charge is 1.00 e. The van der Waals surface area contributed by atoms with Crippen LogP contribution in [0, 0.1) is 29.1 Å². The van der Waals surface area contributed by atoms with E-state index in [0.29, 0.717) is 20.7 Å². The fourth-order valence-corrected chi connectivity index (χ4v) is 15.0. The van der Waals surface area contributed by atoms with Crippen molar-refractivity contribution in [2.24, 2.45) is 0 Å². The maximum absolute atomic E-state index is 13.3. The van der Waals surface area contributed by atoms with Crippen LogP contribution in [0.4, 0.5) is 42.5 Å². The SMILES string of the molecule is CCOC(=O)c1cc(F)ccc1S.CCOC(=O)c1cc(F)ccc1S(=O)(=O)Cl.CCOC(=O)c1cc(F)ccc1S(=O)(=O)Nc1nccs1.Nc1nccs1.O=S(=O)(Nc1nccs1)c1ccc(F)cc1CO.O=S1(=O)c2ccc(F)cc2CN1c1nccs1.[B].[H-].[Na+]. The number of rotatable bonds is 15. The van der Waals surface area contributed by atoms with Gasteiger partial charge < -0.3 is 26.5 Å². The fourth-order valence-electron chi connectivity index (χ4n) is 6.92. The van der Waals surface area contributed by atoms with Crippen LogP contribution in [0.15, 0.2) is 162 Å². The number of aromatic nitrogens is 4. The van der Waals surface area contributed by atoms with Crippen molar-refractivity contribution in [3.05, 3.63) is 194 Å². The number of nitrogens with two attached hydrogens (primary N) is 1. The van der Waals surface area contributed by atoms with E-state index in [0.717, 1.165) is 89.4 Å². The first-order valence-electron chi connectivity index (χ1n) is 25.1. The maximum atomic E-state index is 13.3. The molecular weight excluding hydrogens is 1440 g/mol. The summed E-state index contributed by atoms with van der Waals surface area (Å²) in [6.07, 6.45) is 6.11. The number of carbonyl (C=O) groups excluding carboxylic acids is 3. The van der Waals surface area contributed by atoms with Gasteiger partial charge in [0.15, 0.2) is 20.5 Å². The van der Waals surface area contributed by atoms with Crippen molar-refractivity contribution in [1.82, 2.24) is 19.9 Å². The van der Waals surface area contributed by atoms with E-state index in [9.17, 15) is 70.0 Å². The molecule has 5 aromatic carbocycles. The number of benzene rings is 5. The van der Waals surface area contributed by atoms with Gasteiger partial charge in [0.1, 0.15) is 34.0 Å². The molecule has 491 valence electrons. The molecule has 23 nitrogen and oxygen atoms in total. The van der Waals surface area contributed by atoms with E-state index in [2.05, 4.69) is 46.7 Å². The Bertz CT molecular complexity index is 4420. The van der Waals surface area contributed by atoms with Gasteiger partial charge in [0.25, 0.3) is 39.1 Å². The minimum Gasteiger partial charge on any atom is -1.00 e. The van der Waals surface area contributed by atoms with Crippen LogP contribution in [0.3, 0.4) is 0 Å². The zero-order valence-corrected chi connectivity index (χ0v) is 58.5. The minimum atomic E-state index is -4.11. The summed E-state index contributed by atoms with van der Waals surface area (Å²) in [7, 11) is -10.5. The summed E-state index contributed by atoms with van der Waals surface area (Å²) in [5.41, 5.74) is 5.05. The topological polar surface area (TPSA) is 341 Å². The standard InChI is InChI=1S/C12H11FN2O4S2.C10H9FN2O3S2.C10H7FN2O2S2.C9H8ClFO4S.C9H9FO2S.C3H4N2S.B.Na.H/c1-2-19-11(16)9-7-8(13)3-4-10(9)21(17,18)15-12-14-5-6-20-12;11-8-1-2-9(7(5-8)6-14)18(15,16)13-10-12-3-4-17-10;11-8-1-2-9-7(5-8)6-13(17(9,14)15)10-12-3-4-16-10;1-2-15-9(12)7-5-6(11)3-4-8(7)16(10,13)14;1-2-12-9(11)7-5-6(10)3-4-8(7)13;4-3-5-1-2-6-3;;;/h3-7H,2H2,1H3,(H,14,15);1-5,14H,6H2,(H,12,13);1-5H,6H2;3-5H,2H2,1H3;3-5,13H,2H2,1H3;1-2H,(H2,4,5);;;/q;;;;;;;+1;-1. The molecule has 0 aliphatic carbocycles. The van der Waals surface area contributed by atoms with Crippen LogP contribution in [0.25, 0.3) is 0 Å². The largest absolute Gasteiger partial charge is 1.00 e. The zero-order chi connectivity index (χ0) is 67.3. The molecule has 3 radical (unpaired) electrons. The monoisotopic (exact) mass is 1490 g/mol. The molecule has 9 aromatic rings. The van der Waals surface area contributed by atoms with Crippen LogP contribution in [0.5, 0.6) is 0 Å². The number of nitrogens with zero attached hydrogens (tertiary/aromatic N) is 5. The normalized spacial score (nSPS) is 11.7. The second-order valence-electron chi connectivity index (χ2n) is 16.8. The van der Waals surface area contributed by atoms with E-state index < -0.39 is 103 Å². The number of hydrogen-bond acceptors (Lipinski definition) is 25. The van der Waals surface area contributed by atoms with Gasteiger partial charge in [0, 0.05) is 75.9 Å². The van der Waals surface area contributed by atoms with Gasteiger partial charge in [-0.1, -0.05) is 0 Å². The predicted octanol–water partition coefficient (Wildman–Crippen LogP) is 7.51. The number of esters is 3. The molecule has 0 saturated heterocycles. The van der Waals surface area contributed by atoms with E-state index in [-0.39, 0.29) is 107 Å². The molecule has 0 saturated carbocycles. The van der Waals surface area contributed by atoms with Crippen molar-refractivity contribution < 1.29 is 120 Å². The quantitative estimate of drug-likeness (QED) is 0.0165. The molecular formula is C53H49BClF5N8NaO15S9. The van der Waals surface area contributed by atoms with E-state index in [1.54, 1.807) is 49.3 Å². The number of thiazole rings is 4.